The fourth-order valence-electron chi connectivity index (χ4n) is 3.93. The highest BCUT2D eigenvalue weighted by Gasteiger charge is 2.37. The number of nitrogens with zero attached hydrogens (tertiary/aromatic N) is 2. The predicted octanol–water partition coefficient (Wildman–Crippen LogP) is 2.74. The summed E-state index contributed by atoms with van der Waals surface area (Å²) in [6.07, 6.45) is 4.08. The van der Waals surface area contributed by atoms with E-state index < -0.39 is 6.04 Å². The van der Waals surface area contributed by atoms with Crippen LogP contribution in [0, 0.1) is 5.92 Å². The van der Waals surface area contributed by atoms with Crippen LogP contribution in [0.4, 0.5) is 5.69 Å². The van der Waals surface area contributed by atoms with Crippen molar-refractivity contribution in [3.05, 3.63) is 58.9 Å². The second-order valence-electron chi connectivity index (χ2n) is 7.37. The largest absolute Gasteiger partial charge is 0.326 e. The SMILES string of the molecule is O=C1Nc2cc(Cl)ccc2C(=O)N(CC2CCNCC2)C1Cc1ccccn1. The second-order valence-corrected chi connectivity index (χ2v) is 7.81. The lowest BCUT2D eigenvalue weighted by Gasteiger charge is -2.33. The molecule has 0 bridgehead atoms. The molecule has 0 spiro atoms. The molecule has 2 aliphatic heterocycles. The Balaban J connectivity index is 1.68. The van der Waals surface area contributed by atoms with Gasteiger partial charge in [-0.15, -0.1) is 0 Å². The summed E-state index contributed by atoms with van der Waals surface area (Å²) in [6, 6.07) is 10.0. The van der Waals surface area contributed by atoms with E-state index in [2.05, 4.69) is 15.6 Å². The van der Waals surface area contributed by atoms with Gasteiger partial charge in [-0.25, -0.2) is 0 Å². The molecule has 1 aromatic heterocycles. The van der Waals surface area contributed by atoms with Crippen molar-refractivity contribution in [2.24, 2.45) is 5.92 Å². The first-order valence-electron chi connectivity index (χ1n) is 9.64. The number of benzene rings is 1. The van der Waals surface area contributed by atoms with Crippen LogP contribution in [-0.2, 0) is 11.2 Å². The summed E-state index contributed by atoms with van der Waals surface area (Å²) in [5.74, 6) is 0.0384. The zero-order valence-electron chi connectivity index (χ0n) is 15.5. The molecule has 0 saturated carbocycles. The van der Waals surface area contributed by atoms with E-state index in [-0.39, 0.29) is 11.8 Å². The lowest BCUT2D eigenvalue weighted by atomic mass is 9.95. The van der Waals surface area contributed by atoms with Gasteiger partial charge >= 0.3 is 0 Å². The molecule has 0 radical (unpaired) electrons. The van der Waals surface area contributed by atoms with Gasteiger partial charge in [-0.1, -0.05) is 17.7 Å². The molecule has 1 aromatic carbocycles. The molecule has 2 aliphatic rings. The van der Waals surface area contributed by atoms with Gasteiger partial charge in [-0.05, 0) is 62.2 Å². The molecule has 2 N–H and O–H groups in total. The average Bonchev–Trinajstić information content (AvgIpc) is 2.79. The van der Waals surface area contributed by atoms with Crippen LogP contribution < -0.4 is 10.6 Å². The third kappa shape index (κ3) is 4.03. The molecule has 1 saturated heterocycles. The summed E-state index contributed by atoms with van der Waals surface area (Å²) in [6.45, 7) is 2.44. The molecule has 1 fully saturated rings. The van der Waals surface area contributed by atoms with Crippen LogP contribution in [0.1, 0.15) is 28.9 Å². The molecule has 28 heavy (non-hydrogen) atoms. The molecular weight excluding hydrogens is 376 g/mol. The highest BCUT2D eigenvalue weighted by Crippen LogP contribution is 2.29. The smallest absolute Gasteiger partial charge is 0.256 e. The van der Waals surface area contributed by atoms with Gasteiger partial charge in [-0.3, -0.25) is 14.6 Å². The number of piperidine rings is 1. The Morgan fingerprint density at radius 2 is 1.96 bits per heavy atom. The van der Waals surface area contributed by atoms with Gasteiger partial charge in [0.05, 0.1) is 11.3 Å². The fraction of sp³-hybridized carbons (Fsp3) is 0.381. The van der Waals surface area contributed by atoms with E-state index >= 15 is 0 Å². The third-order valence-electron chi connectivity index (χ3n) is 5.45. The van der Waals surface area contributed by atoms with Crippen molar-refractivity contribution in [2.45, 2.75) is 25.3 Å². The quantitative estimate of drug-likeness (QED) is 0.830. The number of fused-ring (bicyclic) bond motifs is 1. The van der Waals surface area contributed by atoms with Crippen molar-refractivity contribution in [1.82, 2.24) is 15.2 Å². The third-order valence-corrected chi connectivity index (χ3v) is 5.69. The highest BCUT2D eigenvalue weighted by atomic mass is 35.5. The van der Waals surface area contributed by atoms with Gasteiger partial charge in [0, 0.05) is 29.9 Å². The molecule has 2 amide bonds. The minimum atomic E-state index is -0.608. The maximum absolute atomic E-state index is 13.4. The van der Waals surface area contributed by atoms with Crippen molar-refractivity contribution in [3.63, 3.8) is 0 Å². The zero-order chi connectivity index (χ0) is 19.5. The standard InChI is InChI=1S/C21H23ClN4O2/c22-15-4-5-17-18(11-15)25-20(27)19(12-16-3-1-2-8-24-16)26(21(17)28)13-14-6-9-23-10-7-14/h1-5,8,11,14,19,23H,6-7,9-10,12-13H2,(H,25,27). The minimum Gasteiger partial charge on any atom is -0.326 e. The Morgan fingerprint density at radius 1 is 1.14 bits per heavy atom. The normalized spacial score (nSPS) is 20.5. The summed E-state index contributed by atoms with van der Waals surface area (Å²) >= 11 is 6.09. The summed E-state index contributed by atoms with van der Waals surface area (Å²) < 4.78 is 0. The Labute approximate surface area is 169 Å². The first-order valence-corrected chi connectivity index (χ1v) is 10.0. The van der Waals surface area contributed by atoms with E-state index in [1.165, 1.54) is 0 Å². The highest BCUT2D eigenvalue weighted by molar-refractivity contribution is 6.31. The first-order chi connectivity index (χ1) is 13.6. The van der Waals surface area contributed by atoms with Gasteiger partial charge in [-0.2, -0.15) is 0 Å². The van der Waals surface area contributed by atoms with E-state index in [1.54, 1.807) is 29.3 Å². The first kappa shape index (κ1) is 18.9. The monoisotopic (exact) mass is 398 g/mol. The topological polar surface area (TPSA) is 74.3 Å². The number of hydrogen-bond acceptors (Lipinski definition) is 4. The van der Waals surface area contributed by atoms with Crippen LogP contribution in [0.5, 0.6) is 0 Å². The second kappa shape index (κ2) is 8.29. The lowest BCUT2D eigenvalue weighted by Crippen LogP contribution is -2.49. The van der Waals surface area contributed by atoms with E-state index in [1.807, 2.05) is 18.2 Å². The Morgan fingerprint density at radius 3 is 2.71 bits per heavy atom. The number of pyridine rings is 1. The number of carbonyl (C=O) groups excluding carboxylic acids is 2. The summed E-state index contributed by atoms with van der Waals surface area (Å²) in [7, 11) is 0. The zero-order valence-corrected chi connectivity index (χ0v) is 16.3. The average molecular weight is 399 g/mol. The number of rotatable bonds is 4. The number of halogens is 1. The molecule has 2 aromatic rings. The number of anilines is 1. The maximum Gasteiger partial charge on any atom is 0.256 e. The van der Waals surface area contributed by atoms with Crippen LogP contribution in [0.15, 0.2) is 42.6 Å². The van der Waals surface area contributed by atoms with Crippen molar-refractivity contribution in [2.75, 3.05) is 25.0 Å². The van der Waals surface area contributed by atoms with Gasteiger partial charge < -0.3 is 15.5 Å². The molecule has 7 heteroatoms. The summed E-state index contributed by atoms with van der Waals surface area (Å²) in [5, 5.41) is 6.74. The van der Waals surface area contributed by atoms with E-state index in [0.717, 1.165) is 31.6 Å². The molecule has 146 valence electrons. The van der Waals surface area contributed by atoms with Crippen LogP contribution in [0.25, 0.3) is 0 Å². The molecule has 1 unspecified atom stereocenters. The van der Waals surface area contributed by atoms with Gasteiger partial charge in [0.25, 0.3) is 5.91 Å². The van der Waals surface area contributed by atoms with Crippen molar-refractivity contribution >= 4 is 29.1 Å². The number of aromatic nitrogens is 1. The van der Waals surface area contributed by atoms with Gasteiger partial charge in [0.2, 0.25) is 5.91 Å². The van der Waals surface area contributed by atoms with Crippen molar-refractivity contribution in [3.8, 4) is 0 Å². The van der Waals surface area contributed by atoms with E-state index in [4.69, 9.17) is 11.6 Å². The van der Waals surface area contributed by atoms with Gasteiger partial charge in [0.1, 0.15) is 6.04 Å². The lowest BCUT2D eigenvalue weighted by molar-refractivity contribution is -0.120. The Bertz CT molecular complexity index is 868. The Hall–Kier alpha value is -2.44. The molecule has 6 nitrogen and oxygen atoms in total. The van der Waals surface area contributed by atoms with Crippen LogP contribution in [-0.4, -0.2) is 47.4 Å². The molecular formula is C21H23ClN4O2. The number of nitrogens with one attached hydrogen (secondary N) is 2. The van der Waals surface area contributed by atoms with Crippen LogP contribution in [0.2, 0.25) is 5.02 Å². The van der Waals surface area contributed by atoms with Gasteiger partial charge in [0.15, 0.2) is 0 Å². The summed E-state index contributed by atoms with van der Waals surface area (Å²) in [5.41, 5.74) is 1.74. The minimum absolute atomic E-state index is 0.135. The van der Waals surface area contributed by atoms with Crippen LogP contribution in [0.3, 0.4) is 0 Å². The number of hydrogen-bond donors (Lipinski definition) is 2. The van der Waals surface area contributed by atoms with Crippen LogP contribution >= 0.6 is 11.6 Å². The molecule has 4 rings (SSSR count). The van der Waals surface area contributed by atoms with E-state index in [9.17, 15) is 9.59 Å². The van der Waals surface area contributed by atoms with Crippen molar-refractivity contribution < 1.29 is 9.59 Å². The molecule has 0 aliphatic carbocycles. The van der Waals surface area contributed by atoms with Crippen molar-refractivity contribution in [1.29, 1.82) is 0 Å². The number of amides is 2. The van der Waals surface area contributed by atoms with E-state index in [0.29, 0.717) is 35.2 Å². The predicted molar refractivity (Wildman–Crippen MR) is 108 cm³/mol. The maximum atomic E-state index is 13.4. The number of carbonyl (C=O) groups is 2. The molecule has 1 atom stereocenters. The summed E-state index contributed by atoms with van der Waals surface area (Å²) in [4.78, 5) is 32.6. The molecule has 3 heterocycles. The Kier molecular flexibility index (Phi) is 5.59. The fourth-order valence-corrected chi connectivity index (χ4v) is 4.10.